The number of hydrogen-bond acceptors (Lipinski definition) is 4. The summed E-state index contributed by atoms with van der Waals surface area (Å²) in [5.41, 5.74) is 1.81. The summed E-state index contributed by atoms with van der Waals surface area (Å²) in [6, 6.07) is 5.43. The van der Waals surface area contributed by atoms with E-state index in [0.29, 0.717) is 25.3 Å². The Balaban J connectivity index is 2.14. The smallest absolute Gasteiger partial charge is 0.234 e. The predicted molar refractivity (Wildman–Crippen MR) is 76.7 cm³/mol. The van der Waals surface area contributed by atoms with Crippen molar-refractivity contribution in [1.82, 2.24) is 10.2 Å². The molecule has 1 heterocycles. The highest BCUT2D eigenvalue weighted by atomic mass is 16.5. The number of fused-ring (bicyclic) bond motifs is 1. The molecule has 0 aromatic heterocycles. The molecule has 5 nitrogen and oxygen atoms in total. The molecule has 0 saturated carbocycles. The quantitative estimate of drug-likeness (QED) is 0.861. The normalized spacial score (nSPS) is 21.9. The minimum Gasteiger partial charge on any atom is -0.493 e. The van der Waals surface area contributed by atoms with Gasteiger partial charge in [0.05, 0.1) is 19.2 Å². The van der Waals surface area contributed by atoms with Crippen LogP contribution < -0.4 is 10.1 Å². The molecule has 1 aliphatic rings. The topological polar surface area (TPSA) is 61.8 Å². The number of ether oxygens (including phenoxy) is 1. The largest absolute Gasteiger partial charge is 0.493 e. The number of amides is 1. The lowest BCUT2D eigenvalue weighted by molar-refractivity contribution is -0.123. The molecule has 0 spiro atoms. The Labute approximate surface area is 119 Å². The van der Waals surface area contributed by atoms with Crippen molar-refractivity contribution in [2.75, 3.05) is 27.2 Å². The number of likely N-dealkylation sites (N-methyl/N-ethyl adjacent to an activating group) is 1. The monoisotopic (exact) mass is 278 g/mol. The van der Waals surface area contributed by atoms with E-state index in [1.54, 1.807) is 4.90 Å². The Kier molecular flexibility index (Phi) is 4.62. The van der Waals surface area contributed by atoms with Crippen molar-refractivity contribution < 1.29 is 14.6 Å². The van der Waals surface area contributed by atoms with Crippen LogP contribution in [0.2, 0.25) is 0 Å². The van der Waals surface area contributed by atoms with E-state index in [1.165, 1.54) is 0 Å². The van der Waals surface area contributed by atoms with Gasteiger partial charge in [0.15, 0.2) is 0 Å². The lowest BCUT2D eigenvalue weighted by Crippen LogP contribution is -2.43. The second-order valence-electron chi connectivity index (χ2n) is 5.54. The van der Waals surface area contributed by atoms with Crippen LogP contribution in [-0.4, -0.2) is 49.2 Å². The predicted octanol–water partition coefficient (Wildman–Crippen LogP) is 0.857. The van der Waals surface area contributed by atoms with E-state index in [1.807, 2.05) is 39.2 Å². The molecule has 20 heavy (non-hydrogen) atoms. The third kappa shape index (κ3) is 3.49. The van der Waals surface area contributed by atoms with Gasteiger partial charge in [0.1, 0.15) is 11.9 Å². The molecule has 2 atom stereocenters. The number of nitrogens with one attached hydrogen (secondary N) is 1. The van der Waals surface area contributed by atoms with Gasteiger partial charge >= 0.3 is 0 Å². The molecular formula is C15H22N2O3. The van der Waals surface area contributed by atoms with Crippen molar-refractivity contribution in [3.05, 3.63) is 29.3 Å². The maximum absolute atomic E-state index is 11.9. The van der Waals surface area contributed by atoms with E-state index in [2.05, 4.69) is 5.32 Å². The first kappa shape index (κ1) is 14.8. The fourth-order valence-electron chi connectivity index (χ4n) is 2.39. The Morgan fingerprint density at radius 2 is 2.25 bits per heavy atom. The van der Waals surface area contributed by atoms with E-state index in [-0.39, 0.29) is 11.9 Å². The van der Waals surface area contributed by atoms with Crippen molar-refractivity contribution in [2.24, 2.45) is 0 Å². The van der Waals surface area contributed by atoms with Crippen molar-refractivity contribution in [3.8, 4) is 5.75 Å². The number of aryl methyl sites for hydroxylation is 1. The van der Waals surface area contributed by atoms with Crippen LogP contribution in [0.25, 0.3) is 0 Å². The molecule has 2 N–H and O–H groups in total. The van der Waals surface area contributed by atoms with Crippen LogP contribution in [0.3, 0.4) is 0 Å². The fourth-order valence-corrected chi connectivity index (χ4v) is 2.39. The lowest BCUT2D eigenvalue weighted by Gasteiger charge is -2.23. The van der Waals surface area contributed by atoms with Gasteiger partial charge in [-0.25, -0.2) is 0 Å². The summed E-state index contributed by atoms with van der Waals surface area (Å²) >= 11 is 0. The van der Waals surface area contributed by atoms with Crippen LogP contribution in [0.5, 0.6) is 5.75 Å². The second-order valence-corrected chi connectivity index (χ2v) is 5.54. The molecule has 0 bridgehead atoms. The van der Waals surface area contributed by atoms with E-state index in [4.69, 9.17) is 4.74 Å². The lowest BCUT2D eigenvalue weighted by atomic mass is 9.98. The first-order chi connectivity index (χ1) is 9.47. The van der Waals surface area contributed by atoms with E-state index in [9.17, 15) is 9.90 Å². The molecule has 0 fully saturated rings. The van der Waals surface area contributed by atoms with Crippen LogP contribution in [0.4, 0.5) is 0 Å². The third-order valence-corrected chi connectivity index (χ3v) is 3.36. The minimum atomic E-state index is -0.737. The highest BCUT2D eigenvalue weighted by molar-refractivity contribution is 5.78. The number of benzene rings is 1. The van der Waals surface area contributed by atoms with Gasteiger partial charge < -0.3 is 20.1 Å². The van der Waals surface area contributed by atoms with Crippen molar-refractivity contribution in [1.29, 1.82) is 0 Å². The molecule has 1 amide bonds. The number of aliphatic hydroxyl groups is 1. The number of nitrogens with zero attached hydrogens (tertiary/aromatic N) is 1. The summed E-state index contributed by atoms with van der Waals surface area (Å²) in [7, 11) is 3.68. The van der Waals surface area contributed by atoms with Gasteiger partial charge in [0.2, 0.25) is 5.91 Å². The fraction of sp³-hybridized carbons (Fsp3) is 0.533. The van der Waals surface area contributed by atoms with Crippen LogP contribution in [0, 0.1) is 6.92 Å². The maximum atomic E-state index is 11.9. The zero-order chi connectivity index (χ0) is 14.7. The molecule has 0 radical (unpaired) electrons. The molecular weight excluding hydrogens is 256 g/mol. The van der Waals surface area contributed by atoms with Gasteiger partial charge in [-0.3, -0.25) is 4.79 Å². The molecule has 1 aromatic rings. The molecule has 110 valence electrons. The summed E-state index contributed by atoms with van der Waals surface area (Å²) in [6.45, 7) is 2.77. The van der Waals surface area contributed by atoms with E-state index in [0.717, 1.165) is 11.1 Å². The highest BCUT2D eigenvalue weighted by Crippen LogP contribution is 2.32. The zero-order valence-electron chi connectivity index (χ0n) is 12.2. The van der Waals surface area contributed by atoms with Gasteiger partial charge in [0.25, 0.3) is 0 Å². The maximum Gasteiger partial charge on any atom is 0.234 e. The van der Waals surface area contributed by atoms with Gasteiger partial charge in [-0.2, -0.15) is 0 Å². The Hall–Kier alpha value is -1.59. The zero-order valence-corrected chi connectivity index (χ0v) is 12.2. The Morgan fingerprint density at radius 1 is 1.50 bits per heavy atom. The molecule has 0 saturated heterocycles. The molecule has 1 aliphatic heterocycles. The average molecular weight is 278 g/mol. The van der Waals surface area contributed by atoms with Crippen LogP contribution in [0.15, 0.2) is 18.2 Å². The average Bonchev–Trinajstić information content (AvgIpc) is 2.50. The molecule has 2 rings (SSSR count). The van der Waals surface area contributed by atoms with Gasteiger partial charge in [0, 0.05) is 12.0 Å². The van der Waals surface area contributed by atoms with Crippen molar-refractivity contribution in [3.63, 3.8) is 0 Å². The third-order valence-electron chi connectivity index (χ3n) is 3.36. The molecule has 2 unspecified atom stereocenters. The molecule has 5 heteroatoms. The van der Waals surface area contributed by atoms with Crippen LogP contribution in [0.1, 0.15) is 23.7 Å². The highest BCUT2D eigenvalue weighted by Gasteiger charge is 2.28. The van der Waals surface area contributed by atoms with Gasteiger partial charge in [-0.05, 0) is 33.2 Å². The number of rotatable bonds is 3. The van der Waals surface area contributed by atoms with Crippen molar-refractivity contribution >= 4 is 5.91 Å². The Bertz CT molecular complexity index is 488. The number of aliphatic hydroxyl groups excluding tert-OH is 1. The Morgan fingerprint density at radius 3 is 2.95 bits per heavy atom. The SMILES string of the molecule is Cc1ccc2c(c1)C(O)C(NC(=O)CN(C)C)CCO2. The summed E-state index contributed by atoms with van der Waals surface area (Å²) in [6.07, 6.45) is -0.146. The summed E-state index contributed by atoms with van der Waals surface area (Å²) in [4.78, 5) is 13.7. The van der Waals surface area contributed by atoms with Crippen molar-refractivity contribution in [2.45, 2.75) is 25.5 Å². The van der Waals surface area contributed by atoms with E-state index >= 15 is 0 Å². The first-order valence-corrected chi connectivity index (χ1v) is 6.83. The van der Waals surface area contributed by atoms with Gasteiger partial charge in [-0.15, -0.1) is 0 Å². The second kappa shape index (κ2) is 6.24. The summed E-state index contributed by atoms with van der Waals surface area (Å²) < 4.78 is 5.65. The number of carbonyl (C=O) groups is 1. The number of hydrogen-bond donors (Lipinski definition) is 2. The molecule has 0 aliphatic carbocycles. The standard InChI is InChI=1S/C15H22N2O3/c1-10-4-5-13-11(8-10)15(19)12(6-7-20-13)16-14(18)9-17(2)3/h4-5,8,12,15,19H,6-7,9H2,1-3H3,(H,16,18). The summed E-state index contributed by atoms with van der Waals surface area (Å²) in [5.74, 6) is 0.614. The van der Waals surface area contributed by atoms with Gasteiger partial charge in [-0.1, -0.05) is 11.6 Å². The molecule has 1 aromatic carbocycles. The minimum absolute atomic E-state index is 0.0878. The summed E-state index contributed by atoms with van der Waals surface area (Å²) in [5, 5.41) is 13.4. The van der Waals surface area contributed by atoms with E-state index < -0.39 is 6.10 Å². The van der Waals surface area contributed by atoms with Crippen LogP contribution in [-0.2, 0) is 4.79 Å². The van der Waals surface area contributed by atoms with Crippen LogP contribution >= 0.6 is 0 Å². The number of carbonyl (C=O) groups excluding carboxylic acids is 1. The first-order valence-electron chi connectivity index (χ1n) is 6.83.